The lowest BCUT2D eigenvalue weighted by Crippen LogP contribution is -2.09. The highest BCUT2D eigenvalue weighted by molar-refractivity contribution is 5.88. The summed E-state index contributed by atoms with van der Waals surface area (Å²) in [6.07, 6.45) is 0.522. The summed E-state index contributed by atoms with van der Waals surface area (Å²) < 4.78 is 5.25. The second kappa shape index (κ2) is 6.71. The first kappa shape index (κ1) is 14.1. The molecule has 102 valence electrons. The number of esters is 1. The van der Waals surface area contributed by atoms with Crippen LogP contribution in [0.25, 0.3) is 0 Å². The molecule has 2 aromatic carbocycles. The third-order valence-corrected chi connectivity index (χ3v) is 3.04. The largest absolute Gasteiger partial charge is 0.457 e. The van der Waals surface area contributed by atoms with Crippen molar-refractivity contribution in [2.75, 3.05) is 0 Å². The number of hydrogen-bond acceptors (Lipinski definition) is 2. The van der Waals surface area contributed by atoms with Crippen molar-refractivity contribution in [1.29, 1.82) is 0 Å². The Balaban J connectivity index is 1.86. The normalized spacial score (nSPS) is 10.1. The number of ether oxygens (including phenoxy) is 1. The van der Waals surface area contributed by atoms with Crippen molar-refractivity contribution in [3.05, 3.63) is 83.4 Å². The second-order valence-corrected chi connectivity index (χ2v) is 4.83. The van der Waals surface area contributed by atoms with Crippen molar-refractivity contribution in [2.24, 2.45) is 0 Å². The van der Waals surface area contributed by atoms with E-state index >= 15 is 0 Å². The van der Waals surface area contributed by atoms with E-state index in [4.69, 9.17) is 4.74 Å². The van der Waals surface area contributed by atoms with Gasteiger partial charge in [-0.25, -0.2) is 4.79 Å². The van der Waals surface area contributed by atoms with E-state index in [9.17, 15) is 4.79 Å². The average molecular weight is 266 g/mol. The Morgan fingerprint density at radius 1 is 1.00 bits per heavy atom. The first-order chi connectivity index (χ1) is 9.65. The van der Waals surface area contributed by atoms with Gasteiger partial charge in [0.25, 0.3) is 0 Å². The quantitative estimate of drug-likeness (QED) is 0.607. The first-order valence-corrected chi connectivity index (χ1v) is 6.59. The van der Waals surface area contributed by atoms with Crippen LogP contribution in [0.2, 0.25) is 0 Å². The van der Waals surface area contributed by atoms with E-state index in [0.29, 0.717) is 12.0 Å². The number of hydrogen-bond donors (Lipinski definition) is 0. The minimum absolute atomic E-state index is 0.284. The van der Waals surface area contributed by atoms with E-state index in [1.54, 1.807) is 0 Å². The molecule has 0 heterocycles. The van der Waals surface area contributed by atoms with E-state index in [1.807, 2.05) is 61.5 Å². The van der Waals surface area contributed by atoms with Gasteiger partial charge in [-0.1, -0.05) is 66.7 Å². The number of carbonyl (C=O) groups excluding carboxylic acids is 1. The number of benzene rings is 2. The van der Waals surface area contributed by atoms with Crippen LogP contribution >= 0.6 is 0 Å². The van der Waals surface area contributed by atoms with E-state index < -0.39 is 0 Å². The first-order valence-electron chi connectivity index (χ1n) is 6.59. The summed E-state index contributed by atoms with van der Waals surface area (Å²) in [4.78, 5) is 11.9. The van der Waals surface area contributed by atoms with E-state index in [-0.39, 0.29) is 12.6 Å². The third-order valence-electron chi connectivity index (χ3n) is 3.04. The molecule has 0 radical (unpaired) electrons. The van der Waals surface area contributed by atoms with Crippen LogP contribution in [0.15, 0.2) is 66.7 Å². The zero-order valence-electron chi connectivity index (χ0n) is 11.6. The molecule has 0 unspecified atom stereocenters. The molecule has 0 aromatic heterocycles. The monoisotopic (exact) mass is 266 g/mol. The van der Waals surface area contributed by atoms with Crippen molar-refractivity contribution in [2.45, 2.75) is 20.0 Å². The Labute approximate surface area is 119 Å². The Morgan fingerprint density at radius 3 is 2.30 bits per heavy atom. The molecule has 0 aliphatic heterocycles. The molecular weight excluding hydrogens is 248 g/mol. The van der Waals surface area contributed by atoms with Crippen LogP contribution in [0.4, 0.5) is 0 Å². The Bertz CT molecular complexity index is 583. The van der Waals surface area contributed by atoms with Gasteiger partial charge in [-0.2, -0.15) is 0 Å². The molecule has 0 saturated heterocycles. The summed E-state index contributed by atoms with van der Waals surface area (Å²) in [5, 5.41) is 0. The zero-order chi connectivity index (χ0) is 14.4. The summed E-state index contributed by atoms with van der Waals surface area (Å²) in [5.74, 6) is -0.338. The standard InChI is InChI=1S/C18H18O2/c1-14-8-10-16(11-9-14)12-15(2)18(19)20-13-17-6-4-3-5-7-17/h3-11H,2,12-13H2,1H3. The molecular formula is C18H18O2. The van der Waals surface area contributed by atoms with Crippen molar-refractivity contribution < 1.29 is 9.53 Å². The van der Waals surface area contributed by atoms with Gasteiger partial charge in [-0.15, -0.1) is 0 Å². The molecule has 2 aromatic rings. The SMILES string of the molecule is C=C(Cc1ccc(C)cc1)C(=O)OCc1ccccc1. The highest BCUT2D eigenvalue weighted by atomic mass is 16.5. The Morgan fingerprint density at radius 2 is 1.65 bits per heavy atom. The highest BCUT2D eigenvalue weighted by Crippen LogP contribution is 2.11. The predicted molar refractivity (Wildman–Crippen MR) is 80.3 cm³/mol. The average Bonchev–Trinajstić information content (AvgIpc) is 2.48. The lowest BCUT2D eigenvalue weighted by molar-refractivity contribution is -0.140. The summed E-state index contributed by atoms with van der Waals surface area (Å²) in [6.45, 7) is 6.13. The fourth-order valence-electron chi connectivity index (χ4n) is 1.85. The van der Waals surface area contributed by atoms with Crippen molar-refractivity contribution in [1.82, 2.24) is 0 Å². The zero-order valence-corrected chi connectivity index (χ0v) is 11.6. The predicted octanol–water partition coefficient (Wildman–Crippen LogP) is 3.84. The fourth-order valence-corrected chi connectivity index (χ4v) is 1.85. The molecule has 0 N–H and O–H groups in total. The van der Waals surface area contributed by atoms with Crippen molar-refractivity contribution in [3.8, 4) is 0 Å². The van der Waals surface area contributed by atoms with Gasteiger partial charge in [0.1, 0.15) is 6.61 Å². The van der Waals surface area contributed by atoms with Crippen LogP contribution in [0.1, 0.15) is 16.7 Å². The smallest absolute Gasteiger partial charge is 0.334 e. The summed E-state index contributed by atoms with van der Waals surface area (Å²) in [7, 11) is 0. The van der Waals surface area contributed by atoms with Crippen molar-refractivity contribution >= 4 is 5.97 Å². The lowest BCUT2D eigenvalue weighted by atomic mass is 10.1. The van der Waals surface area contributed by atoms with Gasteiger partial charge in [0.15, 0.2) is 0 Å². The van der Waals surface area contributed by atoms with Gasteiger partial charge in [0.05, 0.1) is 0 Å². The summed E-state index contributed by atoms with van der Waals surface area (Å²) in [5.41, 5.74) is 3.72. The molecule has 0 atom stereocenters. The molecule has 2 nitrogen and oxygen atoms in total. The van der Waals surface area contributed by atoms with Gasteiger partial charge in [0.2, 0.25) is 0 Å². The number of carbonyl (C=O) groups is 1. The molecule has 2 rings (SSSR count). The lowest BCUT2D eigenvalue weighted by Gasteiger charge is -2.07. The molecule has 0 fully saturated rings. The molecule has 0 amide bonds. The van der Waals surface area contributed by atoms with Crippen LogP contribution in [-0.2, 0) is 22.6 Å². The molecule has 0 spiro atoms. The minimum Gasteiger partial charge on any atom is -0.457 e. The number of rotatable bonds is 5. The Kier molecular flexibility index (Phi) is 4.72. The van der Waals surface area contributed by atoms with Gasteiger partial charge in [-0.3, -0.25) is 0 Å². The van der Waals surface area contributed by atoms with E-state index in [2.05, 4.69) is 6.58 Å². The summed E-state index contributed by atoms with van der Waals surface area (Å²) >= 11 is 0. The van der Waals surface area contributed by atoms with Gasteiger partial charge in [0, 0.05) is 12.0 Å². The minimum atomic E-state index is -0.338. The topological polar surface area (TPSA) is 26.3 Å². The summed E-state index contributed by atoms with van der Waals surface area (Å²) in [6, 6.07) is 17.7. The van der Waals surface area contributed by atoms with Crippen LogP contribution in [0, 0.1) is 6.92 Å². The molecule has 0 bridgehead atoms. The van der Waals surface area contributed by atoms with Gasteiger partial charge < -0.3 is 4.74 Å². The maximum atomic E-state index is 11.9. The van der Waals surface area contributed by atoms with E-state index in [1.165, 1.54) is 5.56 Å². The molecule has 2 heteroatoms. The maximum absolute atomic E-state index is 11.9. The highest BCUT2D eigenvalue weighted by Gasteiger charge is 2.09. The van der Waals surface area contributed by atoms with Crippen LogP contribution in [0.3, 0.4) is 0 Å². The Hall–Kier alpha value is -2.35. The van der Waals surface area contributed by atoms with Crippen LogP contribution < -0.4 is 0 Å². The maximum Gasteiger partial charge on any atom is 0.334 e. The fraction of sp³-hybridized carbons (Fsp3) is 0.167. The van der Waals surface area contributed by atoms with E-state index in [0.717, 1.165) is 11.1 Å². The van der Waals surface area contributed by atoms with Gasteiger partial charge in [-0.05, 0) is 18.1 Å². The van der Waals surface area contributed by atoms with Crippen molar-refractivity contribution in [3.63, 3.8) is 0 Å². The second-order valence-electron chi connectivity index (χ2n) is 4.83. The molecule has 0 saturated carbocycles. The third kappa shape index (κ3) is 4.09. The molecule has 0 aliphatic carbocycles. The van der Waals surface area contributed by atoms with Crippen LogP contribution in [0.5, 0.6) is 0 Å². The van der Waals surface area contributed by atoms with Gasteiger partial charge >= 0.3 is 5.97 Å². The number of aryl methyl sites for hydroxylation is 1. The van der Waals surface area contributed by atoms with Crippen LogP contribution in [-0.4, -0.2) is 5.97 Å². The molecule has 0 aliphatic rings. The molecule has 20 heavy (non-hydrogen) atoms.